The Morgan fingerprint density at radius 2 is 0.875 bits per heavy atom. The van der Waals surface area contributed by atoms with Crippen LogP contribution in [0.5, 0.6) is 0 Å². The Labute approximate surface area is 322 Å². The Morgan fingerprint density at radius 3 is 1.59 bits per heavy atom. The van der Waals surface area contributed by atoms with Crippen LogP contribution in [0.15, 0.2) is 199 Å². The number of aromatic nitrogens is 4. The van der Waals surface area contributed by atoms with Crippen molar-refractivity contribution in [1.29, 1.82) is 0 Å². The first-order valence-corrected chi connectivity index (χ1v) is 18.8. The highest BCUT2D eigenvalue weighted by molar-refractivity contribution is 6.12. The van der Waals surface area contributed by atoms with Crippen LogP contribution in [-0.2, 0) is 0 Å². The van der Waals surface area contributed by atoms with Crippen molar-refractivity contribution in [2.75, 3.05) is 0 Å². The number of benzene rings is 8. The second kappa shape index (κ2) is 13.0. The predicted octanol–water partition coefficient (Wildman–Crippen LogP) is 13.2. The Balaban J connectivity index is 1.05. The fourth-order valence-electron chi connectivity index (χ4n) is 7.94. The molecule has 0 amide bonds. The van der Waals surface area contributed by atoms with E-state index in [0.29, 0.717) is 17.6 Å². The maximum Gasteiger partial charge on any atom is 0.238 e. The first kappa shape index (κ1) is 31.9. The molecule has 5 heteroatoms. The number of hydrogen-bond donors (Lipinski definition) is 0. The molecule has 0 N–H and O–H groups in total. The average Bonchev–Trinajstić information content (AvgIpc) is 3.82. The summed E-state index contributed by atoms with van der Waals surface area (Å²) in [5.41, 5.74) is 12.4. The van der Waals surface area contributed by atoms with Crippen LogP contribution < -0.4 is 0 Å². The van der Waals surface area contributed by atoms with E-state index in [2.05, 4.69) is 132 Å². The minimum atomic E-state index is 0.571. The number of nitrogens with zero attached hydrogens (tertiary/aromatic N) is 4. The van der Waals surface area contributed by atoms with Crippen molar-refractivity contribution in [3.8, 4) is 62.1 Å². The van der Waals surface area contributed by atoms with E-state index in [-0.39, 0.29) is 0 Å². The average molecular weight is 717 g/mol. The van der Waals surface area contributed by atoms with Gasteiger partial charge in [0.15, 0.2) is 11.6 Å². The van der Waals surface area contributed by atoms with Crippen LogP contribution in [0.2, 0.25) is 0 Å². The van der Waals surface area contributed by atoms with Gasteiger partial charge in [-0.2, -0.15) is 9.97 Å². The third-order valence-electron chi connectivity index (χ3n) is 10.7. The van der Waals surface area contributed by atoms with Crippen LogP contribution in [0.25, 0.3) is 106 Å². The van der Waals surface area contributed by atoms with E-state index in [0.717, 1.165) is 77.1 Å². The van der Waals surface area contributed by atoms with Gasteiger partial charge in [0.25, 0.3) is 0 Å². The van der Waals surface area contributed by atoms with Crippen LogP contribution in [0.4, 0.5) is 0 Å². The maximum atomic E-state index is 6.60. The van der Waals surface area contributed by atoms with Crippen molar-refractivity contribution in [1.82, 2.24) is 19.5 Å². The quantitative estimate of drug-likeness (QED) is 0.172. The molecule has 11 rings (SSSR count). The molecule has 0 saturated carbocycles. The zero-order valence-electron chi connectivity index (χ0n) is 30.2. The lowest BCUT2D eigenvalue weighted by Crippen LogP contribution is -2.06. The molecular weight excluding hydrogens is 685 g/mol. The first-order chi connectivity index (χ1) is 27.7. The van der Waals surface area contributed by atoms with Gasteiger partial charge in [-0.25, -0.2) is 4.98 Å². The SMILES string of the molecule is c1ccc(-c2ccc(-c3cccc4c3oc3ccc(-c5ccc6c7ccccc7n(-c7nc(-c8ccccc8)nc(-c8ccccc8)n7)c6c5)cc34)cc2)cc1. The van der Waals surface area contributed by atoms with Gasteiger partial charge in [0.1, 0.15) is 11.2 Å². The van der Waals surface area contributed by atoms with E-state index in [4.69, 9.17) is 19.4 Å². The standard InChI is InChI=1S/C51H32N4O/c1-4-13-33(14-5-1)34-23-25-35(26-24-34)40-20-12-21-43-44-31-38(28-30-47(44)56-48(40)43)39-27-29-42-41-19-10-11-22-45(41)55(46(42)32-39)51-53-49(36-15-6-2-7-16-36)52-50(54-51)37-17-8-3-9-18-37/h1-32H. The monoisotopic (exact) mass is 716 g/mol. The molecule has 0 aliphatic rings. The van der Waals surface area contributed by atoms with E-state index in [1.807, 2.05) is 66.7 Å². The summed E-state index contributed by atoms with van der Waals surface area (Å²) in [6, 6.07) is 67.5. The lowest BCUT2D eigenvalue weighted by molar-refractivity contribution is 0.670. The predicted molar refractivity (Wildman–Crippen MR) is 229 cm³/mol. The Kier molecular flexibility index (Phi) is 7.42. The molecule has 0 radical (unpaired) electrons. The van der Waals surface area contributed by atoms with Crippen LogP contribution in [-0.4, -0.2) is 19.5 Å². The van der Waals surface area contributed by atoms with Gasteiger partial charge in [-0.1, -0.05) is 170 Å². The molecular formula is C51H32N4O. The molecule has 0 aliphatic carbocycles. The molecule has 8 aromatic carbocycles. The van der Waals surface area contributed by atoms with Crippen molar-refractivity contribution in [3.63, 3.8) is 0 Å². The maximum absolute atomic E-state index is 6.60. The minimum Gasteiger partial charge on any atom is -0.455 e. The van der Waals surface area contributed by atoms with E-state index in [1.54, 1.807) is 0 Å². The molecule has 5 nitrogen and oxygen atoms in total. The van der Waals surface area contributed by atoms with Gasteiger partial charge in [0.05, 0.1) is 11.0 Å². The van der Waals surface area contributed by atoms with E-state index < -0.39 is 0 Å². The van der Waals surface area contributed by atoms with Gasteiger partial charge in [0.2, 0.25) is 5.95 Å². The third kappa shape index (κ3) is 5.37. The summed E-state index contributed by atoms with van der Waals surface area (Å²) in [4.78, 5) is 15.2. The fourth-order valence-corrected chi connectivity index (χ4v) is 7.94. The number of rotatable bonds is 6. The summed E-state index contributed by atoms with van der Waals surface area (Å²) < 4.78 is 8.78. The van der Waals surface area contributed by atoms with Gasteiger partial charge in [-0.3, -0.25) is 4.57 Å². The van der Waals surface area contributed by atoms with Crippen LogP contribution in [0, 0.1) is 0 Å². The number of fused-ring (bicyclic) bond motifs is 6. The number of hydrogen-bond acceptors (Lipinski definition) is 4. The van der Waals surface area contributed by atoms with Gasteiger partial charge < -0.3 is 4.42 Å². The summed E-state index contributed by atoms with van der Waals surface area (Å²) >= 11 is 0. The molecule has 0 unspecified atom stereocenters. The Hall–Kier alpha value is -7.63. The van der Waals surface area contributed by atoms with Gasteiger partial charge in [-0.15, -0.1) is 0 Å². The van der Waals surface area contributed by atoms with Crippen LogP contribution in [0.3, 0.4) is 0 Å². The molecule has 56 heavy (non-hydrogen) atoms. The molecule has 0 atom stereocenters. The molecule has 0 saturated heterocycles. The van der Waals surface area contributed by atoms with Crippen LogP contribution >= 0.6 is 0 Å². The molecule has 3 aromatic heterocycles. The summed E-state index contributed by atoms with van der Waals surface area (Å²) in [5.74, 6) is 1.82. The zero-order valence-corrected chi connectivity index (χ0v) is 30.2. The second-order valence-corrected chi connectivity index (χ2v) is 14.0. The van der Waals surface area contributed by atoms with Crippen molar-refractivity contribution in [3.05, 3.63) is 194 Å². The second-order valence-electron chi connectivity index (χ2n) is 14.0. The summed E-state index contributed by atoms with van der Waals surface area (Å²) in [6.07, 6.45) is 0. The lowest BCUT2D eigenvalue weighted by Gasteiger charge is -2.11. The van der Waals surface area contributed by atoms with E-state index in [1.165, 1.54) is 11.1 Å². The number of furan rings is 1. The van der Waals surface area contributed by atoms with Crippen molar-refractivity contribution in [2.45, 2.75) is 0 Å². The lowest BCUT2D eigenvalue weighted by atomic mass is 9.98. The van der Waals surface area contributed by atoms with Gasteiger partial charge in [-0.05, 0) is 52.1 Å². The van der Waals surface area contributed by atoms with Crippen molar-refractivity contribution in [2.24, 2.45) is 0 Å². The van der Waals surface area contributed by atoms with E-state index >= 15 is 0 Å². The van der Waals surface area contributed by atoms with E-state index in [9.17, 15) is 0 Å². The topological polar surface area (TPSA) is 56.7 Å². The van der Waals surface area contributed by atoms with Crippen molar-refractivity contribution >= 4 is 43.7 Å². The fraction of sp³-hybridized carbons (Fsp3) is 0. The molecule has 262 valence electrons. The highest BCUT2D eigenvalue weighted by Crippen LogP contribution is 2.40. The molecule has 0 spiro atoms. The highest BCUT2D eigenvalue weighted by Gasteiger charge is 2.19. The third-order valence-corrected chi connectivity index (χ3v) is 10.7. The summed E-state index contributed by atoms with van der Waals surface area (Å²) in [5, 5.41) is 4.44. The number of para-hydroxylation sites is 2. The van der Waals surface area contributed by atoms with Gasteiger partial charge >= 0.3 is 0 Å². The van der Waals surface area contributed by atoms with Crippen LogP contribution in [0.1, 0.15) is 0 Å². The normalized spacial score (nSPS) is 11.6. The summed E-state index contributed by atoms with van der Waals surface area (Å²) in [6.45, 7) is 0. The molecule has 11 aromatic rings. The molecule has 0 bridgehead atoms. The summed E-state index contributed by atoms with van der Waals surface area (Å²) in [7, 11) is 0. The molecule has 3 heterocycles. The first-order valence-electron chi connectivity index (χ1n) is 18.8. The highest BCUT2D eigenvalue weighted by atomic mass is 16.3. The van der Waals surface area contributed by atoms with Crippen molar-refractivity contribution < 1.29 is 4.42 Å². The Bertz CT molecular complexity index is 3160. The largest absolute Gasteiger partial charge is 0.455 e. The zero-order chi connectivity index (χ0) is 37.0. The molecule has 0 fully saturated rings. The minimum absolute atomic E-state index is 0.571. The smallest absolute Gasteiger partial charge is 0.238 e. The molecule has 0 aliphatic heterocycles. The van der Waals surface area contributed by atoms with Gasteiger partial charge in [0, 0.05) is 38.2 Å². The Morgan fingerprint density at radius 1 is 0.339 bits per heavy atom.